The van der Waals surface area contributed by atoms with E-state index in [2.05, 4.69) is 5.32 Å². The molecule has 1 aromatic rings. The first-order valence-electron chi connectivity index (χ1n) is 5.36. The van der Waals surface area contributed by atoms with Crippen LogP contribution in [0.5, 0.6) is 11.5 Å². The predicted molar refractivity (Wildman–Crippen MR) is 62.3 cm³/mol. The summed E-state index contributed by atoms with van der Waals surface area (Å²) in [6.07, 6.45) is 0. The number of carbonyl (C=O) groups is 1. The van der Waals surface area contributed by atoms with Gasteiger partial charge in [0.05, 0.1) is 12.3 Å². The van der Waals surface area contributed by atoms with Crippen LogP contribution in [0.25, 0.3) is 0 Å². The van der Waals surface area contributed by atoms with E-state index in [9.17, 15) is 9.90 Å². The Kier molecular flexibility index (Phi) is 2.93. The summed E-state index contributed by atoms with van der Waals surface area (Å²) >= 11 is 0. The number of carbonyl (C=O) groups excluding carboxylic acids is 1. The van der Waals surface area contributed by atoms with Gasteiger partial charge in [-0.15, -0.1) is 0 Å². The van der Waals surface area contributed by atoms with Gasteiger partial charge in [-0.1, -0.05) is 0 Å². The number of rotatable bonds is 4. The van der Waals surface area contributed by atoms with Gasteiger partial charge >= 0.3 is 0 Å². The number of benzene rings is 1. The van der Waals surface area contributed by atoms with E-state index in [0.29, 0.717) is 24.7 Å². The van der Waals surface area contributed by atoms with E-state index in [4.69, 9.17) is 9.47 Å². The summed E-state index contributed by atoms with van der Waals surface area (Å²) in [6, 6.07) is 4.56. The van der Waals surface area contributed by atoms with E-state index >= 15 is 0 Å². The highest BCUT2D eigenvalue weighted by Crippen LogP contribution is 2.32. The smallest absolute Gasteiger partial charge is 0.221 e. The Hall–Kier alpha value is -1.75. The molecule has 2 rings (SSSR count). The van der Waals surface area contributed by atoms with Crippen LogP contribution in [0.3, 0.4) is 0 Å². The molecule has 0 bridgehead atoms. The van der Waals surface area contributed by atoms with Crippen molar-refractivity contribution < 1.29 is 19.4 Å². The third kappa shape index (κ3) is 3.10. The van der Waals surface area contributed by atoms with Crippen LogP contribution in [0.1, 0.15) is 13.8 Å². The van der Waals surface area contributed by atoms with E-state index in [0.717, 1.165) is 0 Å². The molecule has 0 aromatic heterocycles. The normalized spacial score (nSPS) is 22.0. The lowest BCUT2D eigenvalue weighted by atomic mass is 10.2. The molecular formula is C12H15NO4. The second-order valence-electron chi connectivity index (χ2n) is 4.39. The molecule has 0 unspecified atom stereocenters. The molecule has 1 aliphatic heterocycles. The van der Waals surface area contributed by atoms with Gasteiger partial charge in [0.1, 0.15) is 23.7 Å². The number of nitrogens with one attached hydrogen (secondary N) is 1. The SMILES string of the molecule is CC(=O)Nc1ccc(O)cc1OC[C@]1(C)CO1. The first-order valence-corrected chi connectivity index (χ1v) is 5.36. The Morgan fingerprint density at radius 2 is 2.35 bits per heavy atom. The standard InChI is InChI=1S/C12H15NO4/c1-8(14)13-10-4-3-9(15)5-11(10)16-6-12(2)7-17-12/h3-5,15H,6-7H2,1-2H3,(H,13,14)/t12-/m1/s1. The van der Waals surface area contributed by atoms with Crippen molar-refractivity contribution in [2.24, 2.45) is 0 Å². The maximum absolute atomic E-state index is 11.0. The average molecular weight is 237 g/mol. The van der Waals surface area contributed by atoms with Crippen LogP contribution >= 0.6 is 0 Å². The number of phenolic OH excluding ortho intramolecular Hbond substituents is 1. The van der Waals surface area contributed by atoms with Crippen molar-refractivity contribution >= 4 is 11.6 Å². The summed E-state index contributed by atoms with van der Waals surface area (Å²) in [5, 5.41) is 12.0. The number of ether oxygens (including phenoxy) is 2. The number of epoxide rings is 1. The van der Waals surface area contributed by atoms with E-state index in [1.165, 1.54) is 19.1 Å². The molecular weight excluding hydrogens is 222 g/mol. The lowest BCUT2D eigenvalue weighted by Gasteiger charge is -2.13. The molecule has 0 spiro atoms. The maximum Gasteiger partial charge on any atom is 0.221 e. The third-order valence-electron chi connectivity index (χ3n) is 2.45. The molecule has 5 nitrogen and oxygen atoms in total. The van der Waals surface area contributed by atoms with Gasteiger partial charge < -0.3 is 19.9 Å². The molecule has 0 aliphatic carbocycles. The van der Waals surface area contributed by atoms with E-state index in [1.807, 2.05) is 6.92 Å². The highest BCUT2D eigenvalue weighted by Gasteiger charge is 2.40. The number of anilines is 1. The number of phenols is 1. The number of amides is 1. The van der Waals surface area contributed by atoms with Gasteiger partial charge in [-0.25, -0.2) is 0 Å². The fourth-order valence-corrected chi connectivity index (χ4v) is 1.36. The summed E-state index contributed by atoms with van der Waals surface area (Å²) in [5.74, 6) is 0.349. The van der Waals surface area contributed by atoms with Crippen LogP contribution < -0.4 is 10.1 Å². The van der Waals surface area contributed by atoms with Crippen molar-refractivity contribution in [1.82, 2.24) is 0 Å². The van der Waals surface area contributed by atoms with Gasteiger partial charge in [-0.05, 0) is 19.1 Å². The molecule has 1 aromatic carbocycles. The molecule has 1 heterocycles. The largest absolute Gasteiger partial charge is 0.508 e. The lowest BCUT2D eigenvalue weighted by molar-refractivity contribution is -0.114. The minimum atomic E-state index is -0.237. The molecule has 92 valence electrons. The predicted octanol–water partition coefficient (Wildman–Crippen LogP) is 1.52. The summed E-state index contributed by atoms with van der Waals surface area (Å²) in [5.41, 5.74) is 0.304. The minimum Gasteiger partial charge on any atom is -0.508 e. The summed E-state index contributed by atoms with van der Waals surface area (Å²) in [4.78, 5) is 11.0. The summed E-state index contributed by atoms with van der Waals surface area (Å²) in [6.45, 7) is 4.42. The Morgan fingerprint density at radius 1 is 1.65 bits per heavy atom. The molecule has 0 radical (unpaired) electrons. The summed E-state index contributed by atoms with van der Waals surface area (Å²) < 4.78 is 10.7. The first kappa shape index (κ1) is 11.7. The highest BCUT2D eigenvalue weighted by atomic mass is 16.6. The molecule has 0 saturated carbocycles. The average Bonchev–Trinajstić information content (AvgIpc) is 2.97. The quantitative estimate of drug-likeness (QED) is 0.615. The Morgan fingerprint density at radius 3 is 2.94 bits per heavy atom. The monoisotopic (exact) mass is 237 g/mol. The molecule has 1 aliphatic rings. The highest BCUT2D eigenvalue weighted by molar-refractivity contribution is 5.90. The topological polar surface area (TPSA) is 71.1 Å². The minimum absolute atomic E-state index is 0.0935. The van der Waals surface area contributed by atoms with Crippen LogP contribution in [0, 0.1) is 0 Å². The number of aromatic hydroxyl groups is 1. The lowest BCUT2D eigenvalue weighted by Crippen LogP contribution is -2.18. The van der Waals surface area contributed by atoms with Gasteiger partial charge in [-0.2, -0.15) is 0 Å². The molecule has 1 atom stereocenters. The van der Waals surface area contributed by atoms with Crippen molar-refractivity contribution in [1.29, 1.82) is 0 Å². The van der Waals surface area contributed by atoms with Crippen LogP contribution in [0.4, 0.5) is 5.69 Å². The number of hydrogen-bond donors (Lipinski definition) is 2. The molecule has 1 amide bonds. The zero-order valence-electron chi connectivity index (χ0n) is 9.82. The van der Waals surface area contributed by atoms with Crippen molar-refractivity contribution in [3.05, 3.63) is 18.2 Å². The molecule has 1 fully saturated rings. The number of hydrogen-bond acceptors (Lipinski definition) is 4. The van der Waals surface area contributed by atoms with Crippen LogP contribution in [-0.2, 0) is 9.53 Å². The fourth-order valence-electron chi connectivity index (χ4n) is 1.36. The fraction of sp³-hybridized carbons (Fsp3) is 0.417. The van der Waals surface area contributed by atoms with Crippen molar-refractivity contribution in [3.8, 4) is 11.5 Å². The maximum atomic E-state index is 11.0. The van der Waals surface area contributed by atoms with Crippen LogP contribution in [0.15, 0.2) is 18.2 Å². The zero-order chi connectivity index (χ0) is 12.5. The van der Waals surface area contributed by atoms with Gasteiger partial charge in [0.25, 0.3) is 0 Å². The van der Waals surface area contributed by atoms with Gasteiger partial charge in [-0.3, -0.25) is 4.79 Å². The van der Waals surface area contributed by atoms with E-state index in [-0.39, 0.29) is 17.3 Å². The molecule has 5 heteroatoms. The van der Waals surface area contributed by atoms with Crippen LogP contribution in [0.2, 0.25) is 0 Å². The summed E-state index contributed by atoms with van der Waals surface area (Å²) in [7, 11) is 0. The third-order valence-corrected chi connectivity index (χ3v) is 2.45. The molecule has 17 heavy (non-hydrogen) atoms. The van der Waals surface area contributed by atoms with Crippen molar-refractivity contribution in [2.75, 3.05) is 18.5 Å². The van der Waals surface area contributed by atoms with Gasteiger partial charge in [0.15, 0.2) is 0 Å². The second-order valence-corrected chi connectivity index (χ2v) is 4.39. The first-order chi connectivity index (χ1) is 7.98. The van der Waals surface area contributed by atoms with Crippen molar-refractivity contribution in [3.63, 3.8) is 0 Å². The Bertz CT molecular complexity index is 440. The van der Waals surface area contributed by atoms with E-state index in [1.54, 1.807) is 6.07 Å². The van der Waals surface area contributed by atoms with Crippen LogP contribution in [-0.4, -0.2) is 29.8 Å². The molecule has 1 saturated heterocycles. The zero-order valence-corrected chi connectivity index (χ0v) is 9.82. The van der Waals surface area contributed by atoms with Gasteiger partial charge in [0.2, 0.25) is 5.91 Å². The Labute approximate surface area is 99.3 Å². The second kappa shape index (κ2) is 4.25. The van der Waals surface area contributed by atoms with E-state index < -0.39 is 0 Å². The van der Waals surface area contributed by atoms with Crippen molar-refractivity contribution in [2.45, 2.75) is 19.4 Å². The molecule has 2 N–H and O–H groups in total. The Balaban J connectivity index is 2.11. The van der Waals surface area contributed by atoms with Gasteiger partial charge in [0, 0.05) is 13.0 Å².